The van der Waals surface area contributed by atoms with Gasteiger partial charge in [0.05, 0.1) is 27.0 Å². The molecule has 8 nitrogen and oxygen atoms in total. The number of aryl methyl sites for hydroxylation is 1. The molecule has 3 aromatic rings. The number of fused-ring (bicyclic) bond motifs is 1. The topological polar surface area (TPSA) is 110 Å². The third kappa shape index (κ3) is 4.40. The van der Waals surface area contributed by atoms with Gasteiger partial charge in [0.15, 0.2) is 0 Å². The van der Waals surface area contributed by atoms with E-state index in [9.17, 15) is 9.32 Å². The number of nitrogens with zero attached hydrogens (tertiary/aromatic N) is 4. The molecule has 9 heteroatoms. The van der Waals surface area contributed by atoms with Gasteiger partial charge in [0.1, 0.15) is 23.9 Å². The van der Waals surface area contributed by atoms with Crippen LogP contribution in [-0.4, -0.2) is 48.0 Å². The quantitative estimate of drug-likeness (QED) is 0.594. The second-order valence-corrected chi connectivity index (χ2v) is 11.1. The van der Waals surface area contributed by atoms with Crippen LogP contribution in [0.25, 0.3) is 10.9 Å². The first-order chi connectivity index (χ1) is 15.5. The summed E-state index contributed by atoms with van der Waals surface area (Å²) in [5, 5.41) is 14.0. The predicted octanol–water partition coefficient (Wildman–Crippen LogP) is 4.26. The predicted molar refractivity (Wildman–Crippen MR) is 125 cm³/mol. The van der Waals surface area contributed by atoms with Gasteiger partial charge in [-0.3, -0.25) is 0 Å². The molecule has 2 aliphatic rings. The number of hydrogen-bond acceptors (Lipinski definition) is 8. The van der Waals surface area contributed by atoms with Crippen LogP contribution >= 0.6 is 0 Å². The highest BCUT2D eigenvalue weighted by molar-refractivity contribution is 7.95. The van der Waals surface area contributed by atoms with Crippen molar-refractivity contribution < 1.29 is 14.1 Å². The van der Waals surface area contributed by atoms with Gasteiger partial charge in [-0.25, -0.2) is 19.2 Å². The molecule has 1 aliphatic carbocycles. The van der Waals surface area contributed by atoms with Crippen LogP contribution in [0.5, 0.6) is 5.88 Å². The molecule has 168 valence electrons. The van der Waals surface area contributed by atoms with Gasteiger partial charge in [-0.05, 0) is 68.9 Å². The minimum absolute atomic E-state index is 0.0373. The van der Waals surface area contributed by atoms with Crippen LogP contribution in [0.1, 0.15) is 37.7 Å². The summed E-state index contributed by atoms with van der Waals surface area (Å²) in [7, 11) is -2.08. The third-order valence-electron chi connectivity index (χ3n) is 6.06. The first-order valence-electron chi connectivity index (χ1n) is 11.0. The number of aliphatic hydroxyl groups excluding tert-OH is 1. The van der Waals surface area contributed by atoms with Gasteiger partial charge in [0.25, 0.3) is 0 Å². The zero-order valence-electron chi connectivity index (χ0n) is 18.0. The summed E-state index contributed by atoms with van der Waals surface area (Å²) in [5.74, 6) is 2.52. The normalized spacial score (nSPS) is 22.2. The Hall–Kier alpha value is -2.78. The number of pyridine rings is 1. The largest absolute Gasteiger partial charge is 0.473 e. The van der Waals surface area contributed by atoms with Crippen molar-refractivity contribution in [2.24, 2.45) is 4.36 Å². The van der Waals surface area contributed by atoms with Crippen molar-refractivity contribution in [2.45, 2.75) is 51.2 Å². The van der Waals surface area contributed by atoms with E-state index in [0.717, 1.165) is 54.3 Å². The molecule has 1 aromatic carbocycles. The van der Waals surface area contributed by atoms with E-state index in [0.29, 0.717) is 28.9 Å². The zero-order chi connectivity index (χ0) is 22.1. The fraction of sp³-hybridized carbons (Fsp3) is 0.435. The summed E-state index contributed by atoms with van der Waals surface area (Å²) in [5.41, 5.74) is 3.13. The van der Waals surface area contributed by atoms with E-state index < -0.39 is 9.73 Å². The van der Waals surface area contributed by atoms with Crippen LogP contribution < -0.4 is 10.1 Å². The fourth-order valence-electron chi connectivity index (χ4n) is 4.22. The molecule has 0 bridgehead atoms. The molecule has 0 radical (unpaired) electrons. The average molecular weight is 454 g/mol. The monoisotopic (exact) mass is 453 g/mol. The van der Waals surface area contributed by atoms with Gasteiger partial charge < -0.3 is 15.2 Å². The standard InChI is InChI=1S/C23H27N5O3S/c1-15-12-16(28-32(30)10-3-11-32)13-20-21(15)22(26-14-25-20)27-19-4-2-9-24-23(19)31-18-7-5-17(29)6-8-18/h2,4,9,12-14,17-18,29H,3,5-8,10-11H2,1H3,(H,25,26,27). The highest BCUT2D eigenvalue weighted by Crippen LogP contribution is 2.34. The zero-order valence-corrected chi connectivity index (χ0v) is 18.8. The van der Waals surface area contributed by atoms with Crippen molar-refractivity contribution in [1.29, 1.82) is 0 Å². The number of nitrogens with one attached hydrogen (secondary N) is 1. The van der Waals surface area contributed by atoms with Gasteiger partial charge in [0, 0.05) is 23.1 Å². The molecule has 0 unspecified atom stereocenters. The van der Waals surface area contributed by atoms with Crippen LogP contribution in [-0.2, 0) is 9.73 Å². The SMILES string of the molecule is Cc1cc(N=S2(=O)CCC2)cc2ncnc(Nc3cccnc3OC3CCC(O)CC3)c12. The van der Waals surface area contributed by atoms with Gasteiger partial charge in [-0.1, -0.05) is 0 Å². The summed E-state index contributed by atoms with van der Waals surface area (Å²) < 4.78 is 23.2. The van der Waals surface area contributed by atoms with Crippen molar-refractivity contribution in [2.75, 3.05) is 16.8 Å². The lowest BCUT2D eigenvalue weighted by atomic mass is 9.95. The number of rotatable bonds is 5. The van der Waals surface area contributed by atoms with Crippen molar-refractivity contribution in [3.8, 4) is 5.88 Å². The summed E-state index contributed by atoms with van der Waals surface area (Å²) in [6.07, 6.45) is 7.10. The Kier molecular flexibility index (Phi) is 5.69. The van der Waals surface area contributed by atoms with Crippen LogP contribution in [0.4, 0.5) is 17.2 Å². The average Bonchev–Trinajstić information content (AvgIpc) is 2.75. The van der Waals surface area contributed by atoms with Crippen molar-refractivity contribution in [3.05, 3.63) is 42.4 Å². The molecule has 0 spiro atoms. The van der Waals surface area contributed by atoms with Crippen LogP contribution in [0.15, 0.2) is 41.2 Å². The van der Waals surface area contributed by atoms with E-state index >= 15 is 0 Å². The minimum atomic E-state index is -2.08. The van der Waals surface area contributed by atoms with Gasteiger partial charge in [-0.15, -0.1) is 0 Å². The van der Waals surface area contributed by atoms with Crippen LogP contribution in [0.2, 0.25) is 0 Å². The number of anilines is 2. The number of aromatic nitrogens is 3. The van der Waals surface area contributed by atoms with Crippen molar-refractivity contribution in [3.63, 3.8) is 0 Å². The maximum absolute atomic E-state index is 12.5. The van der Waals surface area contributed by atoms with E-state index in [1.807, 2.05) is 31.2 Å². The molecule has 3 heterocycles. The number of hydrogen-bond donors (Lipinski definition) is 2. The van der Waals surface area contributed by atoms with E-state index in [2.05, 4.69) is 24.6 Å². The fourth-order valence-corrected chi connectivity index (χ4v) is 5.68. The molecule has 0 amide bonds. The summed E-state index contributed by atoms with van der Waals surface area (Å²) in [4.78, 5) is 13.3. The van der Waals surface area contributed by atoms with Gasteiger partial charge in [0.2, 0.25) is 5.88 Å². The Labute approximate surface area is 187 Å². The van der Waals surface area contributed by atoms with E-state index in [-0.39, 0.29) is 12.2 Å². The first-order valence-corrected chi connectivity index (χ1v) is 12.9. The van der Waals surface area contributed by atoms with Crippen LogP contribution in [0, 0.1) is 6.92 Å². The Morgan fingerprint density at radius 3 is 2.72 bits per heavy atom. The molecule has 2 aromatic heterocycles. The van der Waals surface area contributed by atoms with E-state index in [1.54, 1.807) is 6.20 Å². The lowest BCUT2D eigenvalue weighted by molar-refractivity contribution is 0.0647. The molecule has 2 N–H and O–H groups in total. The lowest BCUT2D eigenvalue weighted by Crippen LogP contribution is -2.27. The van der Waals surface area contributed by atoms with E-state index in [4.69, 9.17) is 4.74 Å². The molecular weight excluding hydrogens is 426 g/mol. The number of aliphatic hydroxyl groups is 1. The van der Waals surface area contributed by atoms with Crippen molar-refractivity contribution >= 4 is 37.8 Å². The molecule has 0 atom stereocenters. The summed E-state index contributed by atoms with van der Waals surface area (Å²) >= 11 is 0. The molecule has 1 saturated heterocycles. The number of benzene rings is 1. The smallest absolute Gasteiger partial charge is 0.238 e. The highest BCUT2D eigenvalue weighted by Gasteiger charge is 2.23. The second-order valence-electron chi connectivity index (χ2n) is 8.53. The Bertz CT molecular complexity index is 1250. The Morgan fingerprint density at radius 2 is 1.97 bits per heavy atom. The molecule has 5 rings (SSSR count). The van der Waals surface area contributed by atoms with E-state index in [1.165, 1.54) is 6.33 Å². The molecule has 1 aliphatic heterocycles. The van der Waals surface area contributed by atoms with Crippen molar-refractivity contribution in [1.82, 2.24) is 15.0 Å². The maximum Gasteiger partial charge on any atom is 0.238 e. The van der Waals surface area contributed by atoms with Gasteiger partial charge in [-0.2, -0.15) is 4.36 Å². The molecular formula is C23H27N5O3S. The lowest BCUT2D eigenvalue weighted by Gasteiger charge is -2.26. The Morgan fingerprint density at radius 1 is 1.16 bits per heavy atom. The molecule has 1 saturated carbocycles. The molecule has 32 heavy (non-hydrogen) atoms. The Balaban J connectivity index is 1.45. The summed E-state index contributed by atoms with van der Waals surface area (Å²) in [6.45, 7) is 1.98. The first kappa shape index (κ1) is 21.1. The third-order valence-corrected chi connectivity index (χ3v) is 8.46. The maximum atomic E-state index is 12.5. The minimum Gasteiger partial charge on any atom is -0.473 e. The van der Waals surface area contributed by atoms with Gasteiger partial charge >= 0.3 is 0 Å². The number of ether oxygens (including phenoxy) is 1. The molecule has 2 fully saturated rings. The highest BCUT2D eigenvalue weighted by atomic mass is 32.2. The summed E-state index contributed by atoms with van der Waals surface area (Å²) in [6, 6.07) is 7.57. The second kappa shape index (κ2) is 8.63. The van der Waals surface area contributed by atoms with Crippen LogP contribution in [0.3, 0.4) is 0 Å².